The molecule has 13 heavy (non-hydrogen) atoms. The Bertz CT molecular complexity index is 267. The van der Waals surface area contributed by atoms with Crippen molar-refractivity contribution >= 4 is 0 Å². The molecule has 0 aromatic heterocycles. The number of hydrazine groups is 1. The average Bonchev–Trinajstić information content (AvgIpc) is 2.15. The van der Waals surface area contributed by atoms with Gasteiger partial charge in [0, 0.05) is 6.04 Å². The topological polar surface area (TPSA) is 38.0 Å². The van der Waals surface area contributed by atoms with Crippen molar-refractivity contribution in [3.63, 3.8) is 0 Å². The van der Waals surface area contributed by atoms with Crippen LogP contribution in [0.25, 0.3) is 0 Å². The minimum Gasteiger partial charge on any atom is -0.271 e. The van der Waals surface area contributed by atoms with E-state index in [0.717, 1.165) is 12.0 Å². The van der Waals surface area contributed by atoms with Crippen molar-refractivity contribution in [2.75, 3.05) is 0 Å². The average molecular weight is 176 g/mol. The van der Waals surface area contributed by atoms with E-state index < -0.39 is 0 Å². The van der Waals surface area contributed by atoms with Crippen LogP contribution in [0.1, 0.15) is 24.9 Å². The summed E-state index contributed by atoms with van der Waals surface area (Å²) in [7, 11) is 0. The molecule has 1 unspecified atom stereocenters. The van der Waals surface area contributed by atoms with Crippen LogP contribution in [0.2, 0.25) is 0 Å². The molecule has 0 aliphatic heterocycles. The molecule has 0 heterocycles. The number of hydrogen-bond donors (Lipinski definition) is 2. The van der Waals surface area contributed by atoms with Gasteiger partial charge in [0.05, 0.1) is 0 Å². The van der Waals surface area contributed by atoms with Crippen LogP contribution in [0.3, 0.4) is 0 Å². The van der Waals surface area contributed by atoms with Crippen LogP contribution in [-0.2, 0) is 0 Å². The minimum atomic E-state index is 0.179. The molecule has 2 nitrogen and oxygen atoms in total. The molecule has 0 radical (unpaired) electrons. The van der Waals surface area contributed by atoms with E-state index in [-0.39, 0.29) is 6.04 Å². The molecule has 1 rings (SSSR count). The van der Waals surface area contributed by atoms with Gasteiger partial charge in [-0.2, -0.15) is 0 Å². The quantitative estimate of drug-likeness (QED) is 0.419. The SMILES string of the molecule is C=C(C)CC(NN)c1ccccc1. The predicted molar refractivity (Wildman–Crippen MR) is 55.9 cm³/mol. The summed E-state index contributed by atoms with van der Waals surface area (Å²) in [6.45, 7) is 5.88. The Hall–Kier alpha value is -1.12. The zero-order chi connectivity index (χ0) is 9.68. The lowest BCUT2D eigenvalue weighted by Gasteiger charge is -2.15. The molecule has 0 amide bonds. The maximum absolute atomic E-state index is 5.46. The Labute approximate surface area is 79.4 Å². The van der Waals surface area contributed by atoms with Crippen LogP contribution in [0, 0.1) is 0 Å². The molecule has 0 fully saturated rings. The molecule has 1 atom stereocenters. The summed E-state index contributed by atoms with van der Waals surface area (Å²) in [6, 6.07) is 10.3. The number of rotatable bonds is 4. The second-order valence-corrected chi connectivity index (χ2v) is 3.29. The largest absolute Gasteiger partial charge is 0.271 e. The molecule has 1 aromatic carbocycles. The van der Waals surface area contributed by atoms with Crippen LogP contribution in [-0.4, -0.2) is 0 Å². The van der Waals surface area contributed by atoms with Gasteiger partial charge in [-0.05, 0) is 18.9 Å². The molecule has 70 valence electrons. The first-order valence-corrected chi connectivity index (χ1v) is 4.39. The molecule has 3 N–H and O–H groups in total. The van der Waals surface area contributed by atoms with Crippen LogP contribution >= 0.6 is 0 Å². The van der Waals surface area contributed by atoms with Gasteiger partial charge in [0.1, 0.15) is 0 Å². The fourth-order valence-electron chi connectivity index (χ4n) is 1.31. The number of benzene rings is 1. The van der Waals surface area contributed by atoms with Gasteiger partial charge in [-0.15, -0.1) is 6.58 Å². The lowest BCUT2D eigenvalue weighted by molar-refractivity contribution is 0.550. The maximum atomic E-state index is 5.46. The zero-order valence-corrected chi connectivity index (χ0v) is 7.96. The molecule has 2 heteroatoms. The van der Waals surface area contributed by atoms with Gasteiger partial charge < -0.3 is 0 Å². The molecule has 0 saturated carbocycles. The highest BCUT2D eigenvalue weighted by molar-refractivity contribution is 5.20. The number of hydrogen-bond acceptors (Lipinski definition) is 2. The van der Waals surface area contributed by atoms with E-state index in [9.17, 15) is 0 Å². The first kappa shape index (κ1) is 9.96. The number of nitrogens with one attached hydrogen (secondary N) is 1. The van der Waals surface area contributed by atoms with Gasteiger partial charge in [0.25, 0.3) is 0 Å². The molecule has 0 spiro atoms. The molecular formula is C11H16N2. The first-order chi connectivity index (χ1) is 6.24. The smallest absolute Gasteiger partial charge is 0.0496 e. The zero-order valence-electron chi connectivity index (χ0n) is 7.96. The Balaban J connectivity index is 2.73. The monoisotopic (exact) mass is 176 g/mol. The third kappa shape index (κ3) is 3.01. The normalized spacial score (nSPS) is 12.5. The van der Waals surface area contributed by atoms with Crippen molar-refractivity contribution in [3.8, 4) is 0 Å². The van der Waals surface area contributed by atoms with Crippen LogP contribution in [0.4, 0.5) is 0 Å². The highest BCUT2D eigenvalue weighted by atomic mass is 15.2. The van der Waals surface area contributed by atoms with Crippen LogP contribution in [0.5, 0.6) is 0 Å². The Morgan fingerprint density at radius 3 is 2.54 bits per heavy atom. The third-order valence-electron chi connectivity index (χ3n) is 1.96. The second-order valence-electron chi connectivity index (χ2n) is 3.29. The molecule has 1 aromatic rings. The van der Waals surface area contributed by atoms with Gasteiger partial charge in [0.2, 0.25) is 0 Å². The third-order valence-corrected chi connectivity index (χ3v) is 1.96. The first-order valence-electron chi connectivity index (χ1n) is 4.39. The highest BCUT2D eigenvalue weighted by Crippen LogP contribution is 2.18. The minimum absolute atomic E-state index is 0.179. The van der Waals surface area contributed by atoms with E-state index in [4.69, 9.17) is 5.84 Å². The van der Waals surface area contributed by atoms with Crippen LogP contribution < -0.4 is 11.3 Å². The summed E-state index contributed by atoms with van der Waals surface area (Å²) in [5.41, 5.74) is 5.12. The van der Waals surface area contributed by atoms with Crippen LogP contribution in [0.15, 0.2) is 42.5 Å². The molecular weight excluding hydrogens is 160 g/mol. The standard InChI is InChI=1S/C11H16N2/c1-9(2)8-11(13-12)10-6-4-3-5-7-10/h3-7,11,13H,1,8,12H2,2H3. The van der Waals surface area contributed by atoms with E-state index in [0.29, 0.717) is 0 Å². The van der Waals surface area contributed by atoms with Gasteiger partial charge in [0.15, 0.2) is 0 Å². The Morgan fingerprint density at radius 1 is 1.46 bits per heavy atom. The second kappa shape index (κ2) is 4.80. The van der Waals surface area contributed by atoms with Gasteiger partial charge in [-0.25, -0.2) is 0 Å². The van der Waals surface area contributed by atoms with Crippen molar-refractivity contribution in [1.29, 1.82) is 0 Å². The van der Waals surface area contributed by atoms with Crippen molar-refractivity contribution in [1.82, 2.24) is 5.43 Å². The highest BCUT2D eigenvalue weighted by Gasteiger charge is 2.07. The lowest BCUT2D eigenvalue weighted by Crippen LogP contribution is -2.28. The van der Waals surface area contributed by atoms with E-state index in [2.05, 4.69) is 24.1 Å². The maximum Gasteiger partial charge on any atom is 0.0496 e. The summed E-state index contributed by atoms with van der Waals surface area (Å²) in [4.78, 5) is 0. The molecule has 0 bridgehead atoms. The molecule has 0 aliphatic carbocycles. The van der Waals surface area contributed by atoms with E-state index in [1.807, 2.05) is 25.1 Å². The van der Waals surface area contributed by atoms with Gasteiger partial charge in [-0.1, -0.05) is 35.9 Å². The fourth-order valence-corrected chi connectivity index (χ4v) is 1.31. The van der Waals surface area contributed by atoms with Gasteiger partial charge >= 0.3 is 0 Å². The number of nitrogens with two attached hydrogens (primary N) is 1. The Morgan fingerprint density at radius 2 is 2.08 bits per heavy atom. The summed E-state index contributed by atoms with van der Waals surface area (Å²) in [5.74, 6) is 5.46. The fraction of sp³-hybridized carbons (Fsp3) is 0.273. The molecule has 0 aliphatic rings. The summed E-state index contributed by atoms with van der Waals surface area (Å²) < 4.78 is 0. The van der Waals surface area contributed by atoms with Gasteiger partial charge in [-0.3, -0.25) is 11.3 Å². The molecule has 0 saturated heterocycles. The summed E-state index contributed by atoms with van der Waals surface area (Å²) in [6.07, 6.45) is 0.876. The van der Waals surface area contributed by atoms with E-state index in [1.165, 1.54) is 5.56 Å². The van der Waals surface area contributed by atoms with Crippen molar-refractivity contribution < 1.29 is 0 Å². The van der Waals surface area contributed by atoms with Crippen molar-refractivity contribution in [3.05, 3.63) is 48.0 Å². The summed E-state index contributed by atoms with van der Waals surface area (Å²) in [5, 5.41) is 0. The predicted octanol–water partition coefficient (Wildman–Crippen LogP) is 2.16. The Kier molecular flexibility index (Phi) is 3.68. The van der Waals surface area contributed by atoms with E-state index >= 15 is 0 Å². The van der Waals surface area contributed by atoms with E-state index in [1.54, 1.807) is 0 Å². The van der Waals surface area contributed by atoms with Crippen molar-refractivity contribution in [2.45, 2.75) is 19.4 Å². The van der Waals surface area contributed by atoms with Crippen molar-refractivity contribution in [2.24, 2.45) is 5.84 Å². The summed E-state index contributed by atoms with van der Waals surface area (Å²) >= 11 is 0. The lowest BCUT2D eigenvalue weighted by atomic mass is 10.0.